The van der Waals surface area contributed by atoms with Crippen molar-refractivity contribution < 1.29 is 14.6 Å². The maximum Gasteiger partial charge on any atom is 0.119 e. The topological polar surface area (TPSA) is 41.9 Å². The highest BCUT2D eigenvalue weighted by molar-refractivity contribution is 5.29. The van der Waals surface area contributed by atoms with E-state index in [9.17, 15) is 5.11 Å². The minimum atomic E-state index is -0.479. The van der Waals surface area contributed by atoms with Gasteiger partial charge in [0.05, 0.1) is 25.4 Å². The SMILES string of the molecule is COc1cccc(CCC2(OCC(O)CN(C)C)C=CC=CC2)c1. The first-order chi connectivity index (χ1) is 11.5. The number of allylic oxidation sites excluding steroid dienone is 2. The molecule has 2 unspecified atom stereocenters. The minimum Gasteiger partial charge on any atom is -0.497 e. The molecule has 0 radical (unpaired) electrons. The second-order valence-electron chi connectivity index (χ2n) is 6.63. The fraction of sp³-hybridized carbons (Fsp3) is 0.500. The Hall–Kier alpha value is -1.62. The van der Waals surface area contributed by atoms with Crippen molar-refractivity contribution in [2.45, 2.75) is 31.0 Å². The third kappa shape index (κ3) is 5.78. The number of aliphatic hydroxyl groups is 1. The second kappa shape index (κ2) is 9.02. The van der Waals surface area contributed by atoms with Crippen LogP contribution in [0.4, 0.5) is 0 Å². The Morgan fingerprint density at radius 3 is 2.79 bits per heavy atom. The maximum atomic E-state index is 10.1. The third-order valence-corrected chi connectivity index (χ3v) is 4.22. The van der Waals surface area contributed by atoms with Crippen molar-refractivity contribution >= 4 is 0 Å². The molecule has 0 saturated heterocycles. The second-order valence-corrected chi connectivity index (χ2v) is 6.63. The first-order valence-corrected chi connectivity index (χ1v) is 8.47. The lowest BCUT2D eigenvalue weighted by Gasteiger charge is -2.33. The molecule has 4 nitrogen and oxygen atoms in total. The van der Waals surface area contributed by atoms with Gasteiger partial charge in [-0.15, -0.1) is 0 Å². The number of ether oxygens (including phenoxy) is 2. The van der Waals surface area contributed by atoms with Crippen LogP contribution in [0.25, 0.3) is 0 Å². The summed E-state index contributed by atoms with van der Waals surface area (Å²) in [4.78, 5) is 1.97. The minimum absolute atomic E-state index is 0.342. The van der Waals surface area contributed by atoms with E-state index < -0.39 is 6.10 Å². The molecule has 0 bridgehead atoms. The molecule has 1 N–H and O–H groups in total. The summed E-state index contributed by atoms with van der Waals surface area (Å²) < 4.78 is 11.5. The molecule has 1 aromatic rings. The molecule has 0 amide bonds. The Balaban J connectivity index is 1.97. The lowest BCUT2D eigenvalue weighted by molar-refractivity contribution is -0.0596. The van der Waals surface area contributed by atoms with Crippen molar-refractivity contribution in [3.63, 3.8) is 0 Å². The van der Waals surface area contributed by atoms with Crippen LogP contribution in [0.2, 0.25) is 0 Å². The highest BCUT2D eigenvalue weighted by atomic mass is 16.5. The molecule has 1 aromatic carbocycles. The van der Waals surface area contributed by atoms with E-state index in [1.165, 1.54) is 5.56 Å². The zero-order valence-corrected chi connectivity index (χ0v) is 14.9. The molecule has 0 spiro atoms. The van der Waals surface area contributed by atoms with Gasteiger partial charge in [-0.1, -0.05) is 36.4 Å². The number of aryl methyl sites for hydroxylation is 1. The highest BCUT2D eigenvalue weighted by Gasteiger charge is 2.28. The van der Waals surface area contributed by atoms with Crippen molar-refractivity contribution in [1.29, 1.82) is 0 Å². The van der Waals surface area contributed by atoms with Gasteiger partial charge in [0.1, 0.15) is 5.75 Å². The molecule has 4 heteroatoms. The van der Waals surface area contributed by atoms with Gasteiger partial charge in [0, 0.05) is 6.54 Å². The Kier molecular flexibility index (Phi) is 7.03. The number of aliphatic hydroxyl groups excluding tert-OH is 1. The van der Waals surface area contributed by atoms with Gasteiger partial charge in [-0.2, -0.15) is 0 Å². The average Bonchev–Trinajstić information content (AvgIpc) is 2.59. The van der Waals surface area contributed by atoms with E-state index in [1.807, 2.05) is 43.3 Å². The molecule has 0 fully saturated rings. The summed E-state index contributed by atoms with van der Waals surface area (Å²) >= 11 is 0. The van der Waals surface area contributed by atoms with Gasteiger partial charge in [-0.3, -0.25) is 0 Å². The smallest absolute Gasteiger partial charge is 0.119 e. The van der Waals surface area contributed by atoms with Gasteiger partial charge in [-0.05, 0) is 51.1 Å². The van der Waals surface area contributed by atoms with E-state index in [4.69, 9.17) is 9.47 Å². The van der Waals surface area contributed by atoms with E-state index in [2.05, 4.69) is 24.3 Å². The first kappa shape index (κ1) is 18.7. The van der Waals surface area contributed by atoms with Crippen LogP contribution < -0.4 is 4.74 Å². The van der Waals surface area contributed by atoms with E-state index in [-0.39, 0.29) is 5.60 Å². The van der Waals surface area contributed by atoms with E-state index in [0.717, 1.165) is 25.0 Å². The standard InChI is InChI=1S/C20H29NO3/c1-21(2)15-18(22)16-24-20(11-5-4-6-12-20)13-10-17-8-7-9-19(14-17)23-3/h4-9,11,14,18,22H,10,12-13,15-16H2,1-3H3. The molecule has 1 aliphatic carbocycles. The molecule has 2 atom stereocenters. The number of rotatable bonds is 9. The molecule has 0 aliphatic heterocycles. The van der Waals surface area contributed by atoms with Gasteiger partial charge in [0.15, 0.2) is 0 Å². The fourth-order valence-corrected chi connectivity index (χ4v) is 2.93. The predicted molar refractivity (Wildman–Crippen MR) is 97.5 cm³/mol. The van der Waals surface area contributed by atoms with Crippen molar-refractivity contribution in [2.75, 3.05) is 34.4 Å². The van der Waals surface area contributed by atoms with Crippen LogP contribution in [0.15, 0.2) is 48.6 Å². The van der Waals surface area contributed by atoms with Crippen LogP contribution in [0.3, 0.4) is 0 Å². The number of hydrogen-bond acceptors (Lipinski definition) is 4. The summed E-state index contributed by atoms with van der Waals surface area (Å²) in [5.41, 5.74) is 0.889. The predicted octanol–water partition coefficient (Wildman–Crippen LogP) is 2.82. The molecule has 0 saturated carbocycles. The number of nitrogens with zero attached hydrogens (tertiary/aromatic N) is 1. The van der Waals surface area contributed by atoms with Crippen molar-refractivity contribution in [3.05, 3.63) is 54.1 Å². The summed E-state index contributed by atoms with van der Waals surface area (Å²) in [6.45, 7) is 0.944. The van der Waals surface area contributed by atoms with Gasteiger partial charge in [-0.25, -0.2) is 0 Å². The van der Waals surface area contributed by atoms with Crippen molar-refractivity contribution in [3.8, 4) is 5.75 Å². The summed E-state index contributed by atoms with van der Waals surface area (Å²) in [5.74, 6) is 0.878. The van der Waals surface area contributed by atoms with Gasteiger partial charge in [0.2, 0.25) is 0 Å². The van der Waals surface area contributed by atoms with E-state index in [1.54, 1.807) is 7.11 Å². The Morgan fingerprint density at radius 1 is 1.29 bits per heavy atom. The average molecular weight is 331 g/mol. The molecule has 1 aliphatic rings. The largest absolute Gasteiger partial charge is 0.497 e. The monoisotopic (exact) mass is 331 g/mol. The Morgan fingerprint density at radius 2 is 2.12 bits per heavy atom. The van der Waals surface area contributed by atoms with Crippen LogP contribution in [-0.2, 0) is 11.2 Å². The molecule has 24 heavy (non-hydrogen) atoms. The lowest BCUT2D eigenvalue weighted by Crippen LogP contribution is -2.37. The lowest BCUT2D eigenvalue weighted by atomic mass is 9.88. The molecular weight excluding hydrogens is 302 g/mol. The zero-order valence-electron chi connectivity index (χ0n) is 14.9. The van der Waals surface area contributed by atoms with Crippen LogP contribution in [0.5, 0.6) is 5.75 Å². The summed E-state index contributed by atoms with van der Waals surface area (Å²) in [6, 6.07) is 8.15. The Bertz CT molecular complexity index is 568. The normalized spacial score (nSPS) is 21.2. The quantitative estimate of drug-likeness (QED) is 0.755. The van der Waals surface area contributed by atoms with Crippen molar-refractivity contribution in [1.82, 2.24) is 4.90 Å². The van der Waals surface area contributed by atoms with Crippen LogP contribution >= 0.6 is 0 Å². The fourth-order valence-electron chi connectivity index (χ4n) is 2.93. The molecule has 0 heterocycles. The van der Waals surface area contributed by atoms with E-state index in [0.29, 0.717) is 13.2 Å². The number of hydrogen-bond donors (Lipinski definition) is 1. The molecule has 132 valence electrons. The molecule has 2 rings (SSSR count). The van der Waals surface area contributed by atoms with Crippen LogP contribution in [-0.4, -0.2) is 56.1 Å². The van der Waals surface area contributed by atoms with Crippen LogP contribution in [0, 0.1) is 0 Å². The van der Waals surface area contributed by atoms with Crippen LogP contribution in [0.1, 0.15) is 18.4 Å². The number of benzene rings is 1. The molecule has 0 aromatic heterocycles. The number of methoxy groups -OCH3 is 1. The van der Waals surface area contributed by atoms with Gasteiger partial charge < -0.3 is 19.5 Å². The zero-order chi connectivity index (χ0) is 17.4. The van der Waals surface area contributed by atoms with E-state index >= 15 is 0 Å². The Labute approximate surface area is 145 Å². The summed E-state index contributed by atoms with van der Waals surface area (Å²) in [6.07, 6.45) is 10.5. The van der Waals surface area contributed by atoms with Crippen molar-refractivity contribution in [2.24, 2.45) is 0 Å². The summed E-state index contributed by atoms with van der Waals surface area (Å²) in [5, 5.41) is 10.1. The first-order valence-electron chi connectivity index (χ1n) is 8.47. The van der Waals surface area contributed by atoms with Gasteiger partial charge in [0.25, 0.3) is 0 Å². The summed E-state index contributed by atoms with van der Waals surface area (Å²) in [7, 11) is 5.58. The van der Waals surface area contributed by atoms with Gasteiger partial charge >= 0.3 is 0 Å². The molecular formula is C20H29NO3. The highest BCUT2D eigenvalue weighted by Crippen LogP contribution is 2.29. The maximum absolute atomic E-state index is 10.1. The third-order valence-electron chi connectivity index (χ3n) is 4.22. The number of likely N-dealkylation sites (N-methyl/N-ethyl adjacent to an activating group) is 1.